The van der Waals surface area contributed by atoms with E-state index < -0.39 is 15.9 Å². The van der Waals surface area contributed by atoms with Crippen LogP contribution in [0.3, 0.4) is 0 Å². The van der Waals surface area contributed by atoms with E-state index in [0.717, 1.165) is 11.8 Å². The molecule has 0 heterocycles. The Bertz CT molecular complexity index is 411. The molecule has 0 spiro atoms. The second-order valence-electron chi connectivity index (χ2n) is 3.51. The van der Waals surface area contributed by atoms with E-state index in [1.165, 1.54) is 12.1 Å². The predicted molar refractivity (Wildman–Crippen MR) is 58.3 cm³/mol. The molecule has 0 aliphatic rings. The lowest BCUT2D eigenvalue weighted by Crippen LogP contribution is -2.21. The van der Waals surface area contributed by atoms with Crippen LogP contribution in [0.15, 0.2) is 29.2 Å². The Morgan fingerprint density at radius 2 is 1.87 bits per heavy atom. The minimum atomic E-state index is -3.14. The number of nitrogens with two attached hydrogens (primary N) is 1. The molecule has 4 nitrogen and oxygen atoms in total. The molecule has 1 atom stereocenters. The lowest BCUT2D eigenvalue weighted by Gasteiger charge is -2.07. The fourth-order valence-electron chi connectivity index (χ4n) is 1.23. The summed E-state index contributed by atoms with van der Waals surface area (Å²) in [5.41, 5.74) is 6.15. The molecule has 1 aromatic rings. The highest BCUT2D eigenvalue weighted by Crippen LogP contribution is 2.11. The van der Waals surface area contributed by atoms with Crippen molar-refractivity contribution in [2.45, 2.75) is 17.4 Å². The highest BCUT2D eigenvalue weighted by atomic mass is 32.2. The van der Waals surface area contributed by atoms with Crippen LogP contribution in [0.4, 0.5) is 0 Å². The van der Waals surface area contributed by atoms with Crippen molar-refractivity contribution < 1.29 is 13.5 Å². The number of hydrogen-bond donors (Lipinski definition) is 2. The first-order valence-electron chi connectivity index (χ1n) is 4.60. The molecular formula is C10H15NO3S. The van der Waals surface area contributed by atoms with Crippen LogP contribution in [0, 0.1) is 0 Å². The summed E-state index contributed by atoms with van der Waals surface area (Å²) in [5.74, 6) is 0. The van der Waals surface area contributed by atoms with Crippen molar-refractivity contribution >= 4 is 9.84 Å². The van der Waals surface area contributed by atoms with Gasteiger partial charge in [-0.3, -0.25) is 0 Å². The second kappa shape index (κ2) is 4.74. The van der Waals surface area contributed by atoms with E-state index in [9.17, 15) is 13.5 Å². The monoisotopic (exact) mass is 229 g/mol. The van der Waals surface area contributed by atoms with Crippen molar-refractivity contribution in [2.24, 2.45) is 5.73 Å². The molecule has 0 bridgehead atoms. The van der Waals surface area contributed by atoms with Gasteiger partial charge in [-0.05, 0) is 24.1 Å². The molecule has 0 aliphatic heterocycles. The number of sulfone groups is 1. The van der Waals surface area contributed by atoms with Gasteiger partial charge in [-0.1, -0.05) is 12.1 Å². The fourth-order valence-corrected chi connectivity index (χ4v) is 1.86. The molecule has 0 aromatic heterocycles. The van der Waals surface area contributed by atoms with Gasteiger partial charge in [0.05, 0.1) is 11.0 Å². The van der Waals surface area contributed by atoms with Gasteiger partial charge in [-0.25, -0.2) is 8.42 Å². The van der Waals surface area contributed by atoms with E-state index in [1.54, 1.807) is 12.1 Å². The standard InChI is InChI=1S/C10H15NO3S/c1-15(13,14)10-4-2-8(3-5-10)6-9(12)7-11/h2-5,9,12H,6-7,11H2,1H3. The summed E-state index contributed by atoms with van der Waals surface area (Å²) in [6.07, 6.45) is 1.03. The summed E-state index contributed by atoms with van der Waals surface area (Å²) in [5, 5.41) is 9.30. The molecule has 3 N–H and O–H groups in total. The molecule has 5 heteroatoms. The van der Waals surface area contributed by atoms with Crippen LogP contribution in [-0.4, -0.2) is 32.4 Å². The van der Waals surface area contributed by atoms with E-state index in [1.807, 2.05) is 0 Å². The highest BCUT2D eigenvalue weighted by molar-refractivity contribution is 7.90. The SMILES string of the molecule is CS(=O)(=O)c1ccc(CC(O)CN)cc1. The minimum Gasteiger partial charge on any atom is -0.391 e. The zero-order chi connectivity index (χ0) is 11.5. The van der Waals surface area contributed by atoms with E-state index in [-0.39, 0.29) is 11.4 Å². The summed E-state index contributed by atoms with van der Waals surface area (Å²) >= 11 is 0. The molecule has 1 aromatic carbocycles. The summed E-state index contributed by atoms with van der Waals surface area (Å²) in [4.78, 5) is 0.286. The van der Waals surface area contributed by atoms with Crippen LogP contribution in [0.5, 0.6) is 0 Å². The van der Waals surface area contributed by atoms with E-state index in [2.05, 4.69) is 0 Å². The number of benzene rings is 1. The Balaban J connectivity index is 2.82. The molecule has 0 fully saturated rings. The molecule has 84 valence electrons. The van der Waals surface area contributed by atoms with E-state index in [0.29, 0.717) is 6.42 Å². The first-order valence-corrected chi connectivity index (χ1v) is 6.49. The van der Waals surface area contributed by atoms with Crippen molar-refractivity contribution in [3.8, 4) is 0 Å². The minimum absolute atomic E-state index is 0.202. The average molecular weight is 229 g/mol. The van der Waals surface area contributed by atoms with Crippen LogP contribution >= 0.6 is 0 Å². The van der Waals surface area contributed by atoms with Crippen molar-refractivity contribution in [1.82, 2.24) is 0 Å². The van der Waals surface area contributed by atoms with Crippen LogP contribution in [0.25, 0.3) is 0 Å². The number of rotatable bonds is 4. The largest absolute Gasteiger partial charge is 0.391 e. The predicted octanol–water partition coefficient (Wildman–Crippen LogP) is -0.0478. The van der Waals surface area contributed by atoms with Crippen LogP contribution in [0.2, 0.25) is 0 Å². The van der Waals surface area contributed by atoms with Crippen LogP contribution in [0.1, 0.15) is 5.56 Å². The fraction of sp³-hybridized carbons (Fsp3) is 0.400. The third kappa shape index (κ3) is 3.62. The molecule has 0 aliphatic carbocycles. The van der Waals surface area contributed by atoms with Crippen LogP contribution < -0.4 is 5.73 Å². The Hall–Kier alpha value is -0.910. The summed E-state index contributed by atoms with van der Waals surface area (Å²) in [6, 6.07) is 6.45. The number of aliphatic hydroxyl groups is 1. The lowest BCUT2D eigenvalue weighted by molar-refractivity contribution is 0.183. The van der Waals surface area contributed by atoms with Crippen molar-refractivity contribution in [1.29, 1.82) is 0 Å². The Morgan fingerprint density at radius 1 is 1.33 bits per heavy atom. The van der Waals surface area contributed by atoms with Gasteiger partial charge in [0, 0.05) is 12.8 Å². The van der Waals surface area contributed by atoms with Crippen molar-refractivity contribution in [2.75, 3.05) is 12.8 Å². The van der Waals surface area contributed by atoms with Gasteiger partial charge in [0.15, 0.2) is 9.84 Å². The Kier molecular flexibility index (Phi) is 3.84. The van der Waals surface area contributed by atoms with Crippen molar-refractivity contribution in [3.63, 3.8) is 0 Å². The molecule has 0 saturated heterocycles. The number of aliphatic hydroxyl groups excluding tert-OH is 1. The molecule has 0 saturated carbocycles. The quantitative estimate of drug-likeness (QED) is 0.758. The Morgan fingerprint density at radius 3 is 2.27 bits per heavy atom. The maximum atomic E-state index is 11.2. The topological polar surface area (TPSA) is 80.4 Å². The van der Waals surface area contributed by atoms with Gasteiger partial charge >= 0.3 is 0 Å². The van der Waals surface area contributed by atoms with E-state index in [4.69, 9.17) is 5.73 Å². The summed E-state index contributed by atoms with van der Waals surface area (Å²) in [7, 11) is -3.14. The normalized spacial score (nSPS) is 13.8. The zero-order valence-corrected chi connectivity index (χ0v) is 9.37. The zero-order valence-electron chi connectivity index (χ0n) is 8.55. The molecule has 0 radical (unpaired) electrons. The maximum Gasteiger partial charge on any atom is 0.175 e. The van der Waals surface area contributed by atoms with E-state index >= 15 is 0 Å². The molecule has 0 amide bonds. The first kappa shape index (κ1) is 12.2. The Labute approximate surface area is 89.7 Å². The summed E-state index contributed by atoms with van der Waals surface area (Å²) in [6.45, 7) is 0.202. The molecule has 15 heavy (non-hydrogen) atoms. The van der Waals surface area contributed by atoms with Gasteiger partial charge in [0.1, 0.15) is 0 Å². The highest BCUT2D eigenvalue weighted by Gasteiger charge is 2.07. The molecular weight excluding hydrogens is 214 g/mol. The average Bonchev–Trinajstić information content (AvgIpc) is 2.17. The van der Waals surface area contributed by atoms with Crippen LogP contribution in [-0.2, 0) is 16.3 Å². The van der Waals surface area contributed by atoms with Crippen molar-refractivity contribution in [3.05, 3.63) is 29.8 Å². The van der Waals surface area contributed by atoms with Gasteiger partial charge in [-0.2, -0.15) is 0 Å². The van der Waals surface area contributed by atoms with Gasteiger partial charge in [-0.15, -0.1) is 0 Å². The number of hydrogen-bond acceptors (Lipinski definition) is 4. The smallest absolute Gasteiger partial charge is 0.175 e. The molecule has 1 rings (SSSR count). The first-order chi connectivity index (χ1) is 6.93. The maximum absolute atomic E-state index is 11.2. The van der Waals surface area contributed by atoms with Gasteiger partial charge in [0.2, 0.25) is 0 Å². The van der Waals surface area contributed by atoms with Gasteiger partial charge < -0.3 is 10.8 Å². The lowest BCUT2D eigenvalue weighted by atomic mass is 10.1. The summed E-state index contributed by atoms with van der Waals surface area (Å²) < 4.78 is 22.3. The third-order valence-electron chi connectivity index (χ3n) is 2.09. The third-order valence-corrected chi connectivity index (χ3v) is 3.22. The second-order valence-corrected chi connectivity index (χ2v) is 5.53. The van der Waals surface area contributed by atoms with Gasteiger partial charge in [0.25, 0.3) is 0 Å². The molecule has 1 unspecified atom stereocenters.